The van der Waals surface area contributed by atoms with E-state index in [1.54, 1.807) is 7.05 Å². The Balaban J connectivity index is 2.28. The van der Waals surface area contributed by atoms with E-state index in [2.05, 4.69) is 27.9 Å². The molecule has 0 aliphatic heterocycles. The van der Waals surface area contributed by atoms with Crippen molar-refractivity contribution in [1.82, 2.24) is 16.0 Å². The summed E-state index contributed by atoms with van der Waals surface area (Å²) in [5.41, 5.74) is 0. The lowest BCUT2D eigenvalue weighted by molar-refractivity contribution is -0.120. The van der Waals surface area contributed by atoms with Crippen molar-refractivity contribution in [2.45, 2.75) is 65.0 Å². The summed E-state index contributed by atoms with van der Waals surface area (Å²) in [6.07, 6.45) is 6.25. The number of nitrogens with zero attached hydrogens (tertiary/aromatic N) is 1. The highest BCUT2D eigenvalue weighted by Crippen LogP contribution is 2.26. The lowest BCUT2D eigenvalue weighted by atomic mass is 9.84. The van der Waals surface area contributed by atoms with Gasteiger partial charge in [-0.2, -0.15) is 0 Å². The molecule has 1 aliphatic rings. The normalized spacial score (nSPS) is 23.6. The van der Waals surface area contributed by atoms with Crippen LogP contribution < -0.4 is 16.0 Å². The molecule has 1 amide bonds. The van der Waals surface area contributed by atoms with Crippen LogP contribution in [0.25, 0.3) is 0 Å². The number of nitrogens with one attached hydrogen (secondary N) is 3. The van der Waals surface area contributed by atoms with Crippen LogP contribution in [0.4, 0.5) is 0 Å². The number of carbonyl (C=O) groups is 1. The highest BCUT2D eigenvalue weighted by molar-refractivity contribution is 5.86. The standard InChI is InChI=1S/C15H30N4O/c1-5-12-6-8-13(9-7-12)19-15(16-4)17-10-14(20)18-11(2)3/h11-13H,5-10H2,1-4H3,(H,18,20)(H2,16,17,19). The fourth-order valence-electron chi connectivity index (χ4n) is 2.64. The molecule has 1 rings (SSSR count). The van der Waals surface area contributed by atoms with Crippen molar-refractivity contribution < 1.29 is 4.79 Å². The minimum absolute atomic E-state index is 0.00218. The topological polar surface area (TPSA) is 65.5 Å². The van der Waals surface area contributed by atoms with Gasteiger partial charge in [-0.05, 0) is 45.4 Å². The number of aliphatic imine (C=N–C) groups is 1. The zero-order valence-corrected chi connectivity index (χ0v) is 13.3. The van der Waals surface area contributed by atoms with E-state index in [1.807, 2.05) is 13.8 Å². The lowest BCUT2D eigenvalue weighted by Crippen LogP contribution is -2.48. The van der Waals surface area contributed by atoms with Crippen LogP contribution in [0.2, 0.25) is 0 Å². The van der Waals surface area contributed by atoms with Crippen LogP contribution in [-0.4, -0.2) is 37.5 Å². The van der Waals surface area contributed by atoms with Gasteiger partial charge >= 0.3 is 0 Å². The Morgan fingerprint density at radius 3 is 2.40 bits per heavy atom. The van der Waals surface area contributed by atoms with Crippen molar-refractivity contribution in [3.63, 3.8) is 0 Å². The zero-order chi connectivity index (χ0) is 15.0. The SMILES string of the molecule is CCC1CCC(NC(=NC)NCC(=O)NC(C)C)CC1. The van der Waals surface area contributed by atoms with E-state index < -0.39 is 0 Å². The van der Waals surface area contributed by atoms with Crippen LogP contribution in [0.3, 0.4) is 0 Å². The van der Waals surface area contributed by atoms with E-state index in [-0.39, 0.29) is 18.5 Å². The van der Waals surface area contributed by atoms with Crippen molar-refractivity contribution in [1.29, 1.82) is 0 Å². The Morgan fingerprint density at radius 1 is 1.25 bits per heavy atom. The molecule has 0 heterocycles. The fraction of sp³-hybridized carbons (Fsp3) is 0.867. The van der Waals surface area contributed by atoms with E-state index in [0.717, 1.165) is 11.9 Å². The molecule has 20 heavy (non-hydrogen) atoms. The van der Waals surface area contributed by atoms with Gasteiger partial charge in [-0.3, -0.25) is 9.79 Å². The number of hydrogen-bond donors (Lipinski definition) is 3. The van der Waals surface area contributed by atoms with Gasteiger partial charge in [-0.1, -0.05) is 13.3 Å². The van der Waals surface area contributed by atoms with Crippen molar-refractivity contribution in [3.8, 4) is 0 Å². The summed E-state index contributed by atoms with van der Waals surface area (Å²) in [4.78, 5) is 15.8. The molecule has 0 spiro atoms. The second kappa shape index (κ2) is 8.82. The first kappa shape index (κ1) is 16.8. The van der Waals surface area contributed by atoms with Gasteiger partial charge in [0.2, 0.25) is 5.91 Å². The summed E-state index contributed by atoms with van der Waals surface area (Å²) in [6.45, 7) is 6.45. The van der Waals surface area contributed by atoms with Gasteiger partial charge in [0.15, 0.2) is 5.96 Å². The molecule has 3 N–H and O–H groups in total. The quantitative estimate of drug-likeness (QED) is 0.530. The van der Waals surface area contributed by atoms with Crippen LogP contribution in [0.1, 0.15) is 52.9 Å². The molecule has 0 bridgehead atoms. The summed E-state index contributed by atoms with van der Waals surface area (Å²) in [5, 5.41) is 9.35. The van der Waals surface area contributed by atoms with Crippen LogP contribution in [0.5, 0.6) is 0 Å². The number of hydrogen-bond acceptors (Lipinski definition) is 2. The fourth-order valence-corrected chi connectivity index (χ4v) is 2.64. The van der Waals surface area contributed by atoms with E-state index >= 15 is 0 Å². The Kier molecular flexibility index (Phi) is 7.41. The monoisotopic (exact) mass is 282 g/mol. The largest absolute Gasteiger partial charge is 0.354 e. The Hall–Kier alpha value is -1.26. The number of rotatable bonds is 5. The number of carbonyl (C=O) groups excluding carboxylic acids is 1. The van der Waals surface area contributed by atoms with Gasteiger partial charge in [0.1, 0.15) is 0 Å². The van der Waals surface area contributed by atoms with Crippen molar-refractivity contribution in [3.05, 3.63) is 0 Å². The first-order chi connectivity index (χ1) is 9.55. The second-order valence-electron chi connectivity index (χ2n) is 5.92. The van der Waals surface area contributed by atoms with Crippen LogP contribution >= 0.6 is 0 Å². The molecular formula is C15H30N4O. The average Bonchev–Trinajstić information content (AvgIpc) is 2.43. The van der Waals surface area contributed by atoms with Gasteiger partial charge in [-0.15, -0.1) is 0 Å². The molecule has 0 saturated heterocycles. The van der Waals surface area contributed by atoms with Gasteiger partial charge < -0.3 is 16.0 Å². The van der Waals surface area contributed by atoms with Gasteiger partial charge in [0, 0.05) is 19.1 Å². The Bertz CT molecular complexity index is 320. The average molecular weight is 282 g/mol. The number of guanidine groups is 1. The summed E-state index contributed by atoms with van der Waals surface area (Å²) in [6, 6.07) is 0.653. The lowest BCUT2D eigenvalue weighted by Gasteiger charge is -2.29. The predicted molar refractivity (Wildman–Crippen MR) is 83.8 cm³/mol. The molecule has 0 aromatic carbocycles. The summed E-state index contributed by atoms with van der Waals surface area (Å²) in [5.74, 6) is 1.61. The molecule has 5 heteroatoms. The summed E-state index contributed by atoms with van der Waals surface area (Å²) >= 11 is 0. The summed E-state index contributed by atoms with van der Waals surface area (Å²) in [7, 11) is 1.74. The van der Waals surface area contributed by atoms with Gasteiger partial charge in [0.05, 0.1) is 6.54 Å². The minimum Gasteiger partial charge on any atom is -0.354 e. The molecule has 0 atom stereocenters. The first-order valence-electron chi connectivity index (χ1n) is 7.81. The third-order valence-electron chi connectivity index (χ3n) is 3.85. The smallest absolute Gasteiger partial charge is 0.239 e. The maximum absolute atomic E-state index is 11.6. The highest BCUT2D eigenvalue weighted by Gasteiger charge is 2.20. The van der Waals surface area contributed by atoms with E-state index in [9.17, 15) is 4.79 Å². The van der Waals surface area contributed by atoms with E-state index in [0.29, 0.717) is 6.04 Å². The third kappa shape index (κ3) is 6.26. The maximum atomic E-state index is 11.6. The molecule has 0 radical (unpaired) electrons. The Labute approximate surface area is 123 Å². The van der Waals surface area contributed by atoms with E-state index in [4.69, 9.17) is 0 Å². The van der Waals surface area contributed by atoms with Crippen LogP contribution in [-0.2, 0) is 4.79 Å². The van der Waals surface area contributed by atoms with Crippen LogP contribution in [0, 0.1) is 5.92 Å². The Morgan fingerprint density at radius 2 is 1.90 bits per heavy atom. The van der Waals surface area contributed by atoms with Gasteiger partial charge in [-0.25, -0.2) is 0 Å². The molecule has 0 aromatic rings. The third-order valence-corrected chi connectivity index (χ3v) is 3.85. The molecule has 116 valence electrons. The van der Waals surface area contributed by atoms with Crippen molar-refractivity contribution in [2.24, 2.45) is 10.9 Å². The summed E-state index contributed by atoms with van der Waals surface area (Å²) < 4.78 is 0. The van der Waals surface area contributed by atoms with Crippen molar-refractivity contribution in [2.75, 3.05) is 13.6 Å². The zero-order valence-electron chi connectivity index (χ0n) is 13.3. The molecule has 5 nitrogen and oxygen atoms in total. The molecule has 1 aliphatic carbocycles. The highest BCUT2D eigenvalue weighted by atomic mass is 16.1. The molecule has 0 aromatic heterocycles. The van der Waals surface area contributed by atoms with Crippen molar-refractivity contribution >= 4 is 11.9 Å². The minimum atomic E-state index is -0.00218. The molecule has 1 fully saturated rings. The molecular weight excluding hydrogens is 252 g/mol. The number of amides is 1. The predicted octanol–water partition coefficient (Wildman–Crippen LogP) is 1.64. The van der Waals surface area contributed by atoms with E-state index in [1.165, 1.54) is 32.1 Å². The van der Waals surface area contributed by atoms with Gasteiger partial charge in [0.25, 0.3) is 0 Å². The molecule has 1 saturated carbocycles. The van der Waals surface area contributed by atoms with Crippen LogP contribution in [0.15, 0.2) is 4.99 Å². The maximum Gasteiger partial charge on any atom is 0.239 e. The second-order valence-corrected chi connectivity index (χ2v) is 5.92. The molecule has 0 unspecified atom stereocenters. The first-order valence-corrected chi connectivity index (χ1v) is 7.81.